The van der Waals surface area contributed by atoms with Gasteiger partial charge in [0, 0.05) is 60.7 Å². The van der Waals surface area contributed by atoms with Crippen LogP contribution in [-0.2, 0) is 6.42 Å². The van der Waals surface area contributed by atoms with Crippen molar-refractivity contribution in [1.82, 2.24) is 28.7 Å². The number of para-hydroxylation sites is 4. The van der Waals surface area contributed by atoms with E-state index < -0.39 is 0 Å². The van der Waals surface area contributed by atoms with Gasteiger partial charge in [0.25, 0.3) is 0 Å². The normalized spacial score (nSPS) is 12.4. The fourth-order valence-corrected chi connectivity index (χ4v) is 11.9. The predicted octanol–water partition coefficient (Wildman–Crippen LogP) is 17.3. The lowest BCUT2D eigenvalue weighted by Crippen LogP contribution is -2.04. The van der Waals surface area contributed by atoms with Crippen molar-refractivity contribution in [2.45, 2.75) is 12.8 Å². The minimum Gasteiger partial charge on any atom is -0.310 e. The first-order chi connectivity index (χ1) is 37.2. The second kappa shape index (κ2) is 17.4. The Balaban J connectivity index is 0.988. The maximum Gasteiger partial charge on any atom is 0.166 e. The van der Waals surface area contributed by atoms with E-state index in [0.29, 0.717) is 17.5 Å². The van der Waals surface area contributed by atoms with Gasteiger partial charge >= 0.3 is 0 Å². The van der Waals surface area contributed by atoms with Gasteiger partial charge < -0.3 is 13.7 Å². The maximum atomic E-state index is 5.51. The Morgan fingerprint density at radius 3 is 1.57 bits per heavy atom. The number of hydrogen-bond acceptors (Lipinski definition) is 3. The van der Waals surface area contributed by atoms with Gasteiger partial charge in [0.05, 0.1) is 33.3 Å². The average Bonchev–Trinajstić information content (AvgIpc) is 4.16. The van der Waals surface area contributed by atoms with E-state index in [0.717, 1.165) is 74.1 Å². The van der Waals surface area contributed by atoms with Crippen LogP contribution in [0.25, 0.3) is 134 Å². The zero-order valence-electron chi connectivity index (χ0n) is 40.8. The first-order valence-corrected chi connectivity index (χ1v) is 25.7. The van der Waals surface area contributed by atoms with E-state index in [4.69, 9.17) is 15.0 Å². The van der Waals surface area contributed by atoms with Crippen molar-refractivity contribution in [2.24, 2.45) is 0 Å². The summed E-state index contributed by atoms with van der Waals surface area (Å²) in [5.74, 6) is 1.79. The number of allylic oxidation sites excluding steroid dienone is 1. The van der Waals surface area contributed by atoms with Crippen LogP contribution in [0, 0.1) is 0 Å². The quantitative estimate of drug-likeness (QED) is 0.152. The molecule has 0 radical (unpaired) electrons. The fourth-order valence-electron chi connectivity index (χ4n) is 11.9. The van der Waals surface area contributed by atoms with Crippen molar-refractivity contribution in [3.8, 4) is 73.5 Å². The molecule has 0 saturated carbocycles. The molecule has 1 aliphatic rings. The van der Waals surface area contributed by atoms with Gasteiger partial charge in [0.1, 0.15) is 0 Å². The van der Waals surface area contributed by atoms with E-state index in [-0.39, 0.29) is 0 Å². The van der Waals surface area contributed by atoms with Crippen LogP contribution >= 0.6 is 0 Å². The highest BCUT2D eigenvalue weighted by molar-refractivity contribution is 6.19. The molecule has 0 amide bonds. The number of hydrogen-bond donors (Lipinski definition) is 0. The Morgan fingerprint density at radius 2 is 0.853 bits per heavy atom. The third-order valence-corrected chi connectivity index (χ3v) is 15.2. The Morgan fingerprint density at radius 1 is 0.320 bits per heavy atom. The van der Waals surface area contributed by atoms with Crippen molar-refractivity contribution in [2.75, 3.05) is 0 Å². The summed E-state index contributed by atoms with van der Waals surface area (Å²) < 4.78 is 7.23. The molecule has 0 saturated heterocycles. The van der Waals surface area contributed by atoms with Gasteiger partial charge in [-0.25, -0.2) is 15.0 Å². The summed E-state index contributed by atoms with van der Waals surface area (Å²) in [6.45, 7) is 0. The summed E-state index contributed by atoms with van der Waals surface area (Å²) in [5.41, 5.74) is 18.9. The van der Waals surface area contributed by atoms with Gasteiger partial charge in [0.2, 0.25) is 0 Å². The molecule has 4 aromatic heterocycles. The van der Waals surface area contributed by atoms with Gasteiger partial charge in [-0.3, -0.25) is 0 Å². The molecule has 14 aromatic rings. The molecule has 0 atom stereocenters. The van der Waals surface area contributed by atoms with Crippen LogP contribution in [0.3, 0.4) is 0 Å². The lowest BCUT2D eigenvalue weighted by Gasteiger charge is -2.17. The summed E-state index contributed by atoms with van der Waals surface area (Å²) in [7, 11) is 0. The number of nitrogens with zero attached hydrogens (tertiary/aromatic N) is 6. The molecule has 15 rings (SSSR count). The van der Waals surface area contributed by atoms with Crippen LogP contribution in [0.2, 0.25) is 0 Å². The molecular weight excluding hydrogens is 913 g/mol. The van der Waals surface area contributed by atoms with Gasteiger partial charge in [-0.2, -0.15) is 0 Å². The van der Waals surface area contributed by atoms with Crippen molar-refractivity contribution >= 4 is 60.6 Å². The summed E-state index contributed by atoms with van der Waals surface area (Å²) in [4.78, 5) is 16.2. The second-order valence-corrected chi connectivity index (χ2v) is 19.4. The molecule has 1 aliphatic carbocycles. The number of aromatic nitrogens is 6. The van der Waals surface area contributed by atoms with Gasteiger partial charge in [0.15, 0.2) is 17.5 Å². The smallest absolute Gasteiger partial charge is 0.166 e. The second-order valence-electron chi connectivity index (χ2n) is 19.4. The lowest BCUT2D eigenvalue weighted by atomic mass is 9.92. The minimum absolute atomic E-state index is 0.589. The molecule has 0 bridgehead atoms. The molecule has 0 unspecified atom stereocenters. The highest BCUT2D eigenvalue weighted by Gasteiger charge is 2.26. The number of rotatable bonds is 8. The summed E-state index contributed by atoms with van der Waals surface area (Å²) in [6, 6.07) is 86.8. The van der Waals surface area contributed by atoms with Crippen LogP contribution in [0.5, 0.6) is 0 Å². The first-order valence-electron chi connectivity index (χ1n) is 25.7. The summed E-state index contributed by atoms with van der Waals surface area (Å²) in [5, 5.41) is 6.05. The third kappa shape index (κ3) is 6.91. The number of benzene rings is 10. The average molecular weight is 959 g/mol. The molecule has 0 spiro atoms. The van der Waals surface area contributed by atoms with E-state index in [1.54, 1.807) is 0 Å². The zero-order chi connectivity index (χ0) is 49.4. The Kier molecular flexibility index (Phi) is 9.91. The lowest BCUT2D eigenvalue weighted by molar-refractivity contribution is 0.968. The predicted molar refractivity (Wildman–Crippen MR) is 310 cm³/mol. The summed E-state index contributed by atoms with van der Waals surface area (Å²) >= 11 is 0. The zero-order valence-corrected chi connectivity index (χ0v) is 40.8. The van der Waals surface area contributed by atoms with Gasteiger partial charge in [-0.15, -0.1) is 0 Å². The molecule has 0 aliphatic heterocycles. The molecule has 10 aromatic carbocycles. The maximum absolute atomic E-state index is 5.51. The van der Waals surface area contributed by atoms with E-state index in [1.807, 2.05) is 18.2 Å². The minimum atomic E-state index is 0.589. The molecule has 75 heavy (non-hydrogen) atoms. The van der Waals surface area contributed by atoms with E-state index in [9.17, 15) is 0 Å². The van der Waals surface area contributed by atoms with E-state index in [1.165, 1.54) is 60.5 Å². The summed E-state index contributed by atoms with van der Waals surface area (Å²) in [6.07, 6.45) is 6.63. The highest BCUT2D eigenvalue weighted by atomic mass is 15.1. The van der Waals surface area contributed by atoms with Crippen molar-refractivity contribution in [3.05, 3.63) is 260 Å². The Hall–Kier alpha value is -9.91. The fraction of sp³-hybridized carbons (Fsp3) is 0.0290. The van der Waals surface area contributed by atoms with Crippen molar-refractivity contribution in [1.29, 1.82) is 0 Å². The largest absolute Gasteiger partial charge is 0.310 e. The molecule has 6 nitrogen and oxygen atoms in total. The Bertz CT molecular complexity index is 4560. The van der Waals surface area contributed by atoms with Gasteiger partial charge in [-0.1, -0.05) is 182 Å². The topological polar surface area (TPSA) is 53.5 Å². The molecule has 6 heteroatoms. The van der Waals surface area contributed by atoms with Gasteiger partial charge in [-0.05, 0) is 113 Å². The first kappa shape index (κ1) is 42.7. The van der Waals surface area contributed by atoms with E-state index in [2.05, 4.69) is 250 Å². The van der Waals surface area contributed by atoms with Crippen LogP contribution < -0.4 is 0 Å². The molecule has 4 heterocycles. The van der Waals surface area contributed by atoms with Crippen LogP contribution in [0.15, 0.2) is 249 Å². The van der Waals surface area contributed by atoms with Crippen molar-refractivity contribution in [3.63, 3.8) is 0 Å². The molecule has 0 N–H and O–H groups in total. The van der Waals surface area contributed by atoms with E-state index >= 15 is 0 Å². The SMILES string of the molecule is C1=Cc2c(c3c(-c4cccc5c4c4ccccc4n5-c4cc(-c5ccccc5)ccc4-c4nc(-c5ccccc5)nc(-c5ccc6c7ccccc7n(-c7ccccc7)c6c5)n4)cccc3n2-c2ccccc2)CC1. The highest BCUT2D eigenvalue weighted by Crippen LogP contribution is 2.46. The van der Waals surface area contributed by atoms with Crippen LogP contribution in [0.4, 0.5) is 0 Å². The standard InChI is InChI=1S/C69H46N6/c1-5-21-45(22-6-1)47-39-42-57(69-71-67(46-23-7-2-8-24-46)70-68(72-69)48-40-41-52-51-29-13-16-34-58(51)74(63(52)44-48)50-27-11-4-12-28-50)64(43-47)75-60-36-18-15-31-56(60)66-54(33-20-38-62(66)75)53-32-19-37-61-65(53)55-30-14-17-35-59(55)73(61)49-25-9-3-10-26-49/h1-13,15-29,31-44H,14,30H2. The molecule has 0 fully saturated rings. The molecule has 352 valence electrons. The van der Waals surface area contributed by atoms with Crippen molar-refractivity contribution < 1.29 is 0 Å². The number of fused-ring (bicyclic) bond motifs is 9. The van der Waals surface area contributed by atoms with Crippen LogP contribution in [0.1, 0.15) is 17.7 Å². The number of aryl methyl sites for hydroxylation is 1. The third-order valence-electron chi connectivity index (χ3n) is 15.2. The molecular formula is C69H46N6. The Labute approximate surface area is 433 Å². The monoisotopic (exact) mass is 958 g/mol. The van der Waals surface area contributed by atoms with Crippen LogP contribution in [-0.4, -0.2) is 28.7 Å².